The number of fused-ring (bicyclic) bond motifs is 1. The van der Waals surface area contributed by atoms with Gasteiger partial charge < -0.3 is 4.98 Å². The van der Waals surface area contributed by atoms with Gasteiger partial charge in [0.2, 0.25) is 21.9 Å². The molecule has 3 rings (SSSR count). The van der Waals surface area contributed by atoms with E-state index in [9.17, 15) is 13.2 Å². The number of aromatic nitrogens is 2. The molecule has 0 aliphatic carbocycles. The van der Waals surface area contributed by atoms with E-state index in [2.05, 4.69) is 15.3 Å². The lowest BCUT2D eigenvalue weighted by molar-refractivity contribution is -0.120. The maximum Gasteiger partial charge on any atom is 0.245 e. The number of hydrogen-bond donors (Lipinski definition) is 2. The smallest absolute Gasteiger partial charge is 0.245 e. The number of benzene rings is 1. The number of hydrogen-bond acceptors (Lipinski definition) is 4. The molecule has 24 heavy (non-hydrogen) atoms. The minimum absolute atomic E-state index is 0.0709. The molecule has 0 radical (unpaired) electrons. The third-order valence-electron chi connectivity index (χ3n) is 4.21. The highest BCUT2D eigenvalue weighted by Gasteiger charge is 2.36. The van der Waals surface area contributed by atoms with Crippen molar-refractivity contribution in [3.8, 4) is 0 Å². The van der Waals surface area contributed by atoms with Crippen molar-refractivity contribution in [1.82, 2.24) is 14.3 Å². The maximum atomic E-state index is 12.6. The van der Waals surface area contributed by atoms with Crippen LogP contribution in [0.1, 0.15) is 32.6 Å². The average Bonchev–Trinajstić information content (AvgIpc) is 2.97. The van der Waals surface area contributed by atoms with E-state index in [-0.39, 0.29) is 11.7 Å². The Labute approximate surface area is 141 Å². The fourth-order valence-electron chi connectivity index (χ4n) is 3.09. The summed E-state index contributed by atoms with van der Waals surface area (Å²) in [5.74, 6) is 0.0922. The van der Waals surface area contributed by atoms with Gasteiger partial charge in [0.25, 0.3) is 0 Å². The Morgan fingerprint density at radius 3 is 2.92 bits per heavy atom. The number of sulfonamides is 1. The van der Waals surface area contributed by atoms with Crippen LogP contribution in [0, 0.1) is 0 Å². The van der Waals surface area contributed by atoms with Gasteiger partial charge in [0.05, 0.1) is 16.8 Å². The van der Waals surface area contributed by atoms with Gasteiger partial charge in [-0.1, -0.05) is 25.5 Å². The number of carbonyl (C=O) groups excluding carboxylic acids is 1. The molecule has 1 aliphatic rings. The molecule has 1 amide bonds. The van der Waals surface area contributed by atoms with E-state index in [0.717, 1.165) is 23.9 Å². The molecule has 2 heterocycles. The minimum Gasteiger partial charge on any atom is -0.324 e. The molecule has 1 aromatic heterocycles. The first-order valence-electron chi connectivity index (χ1n) is 8.26. The number of anilines is 1. The molecule has 130 valence electrons. The number of nitrogens with one attached hydrogen (secondary N) is 2. The van der Waals surface area contributed by atoms with Crippen LogP contribution in [0.5, 0.6) is 0 Å². The molecular weight excluding hydrogens is 328 g/mol. The Morgan fingerprint density at radius 1 is 1.38 bits per heavy atom. The number of carbonyl (C=O) groups is 1. The first-order chi connectivity index (χ1) is 11.5. The molecule has 0 saturated carbocycles. The minimum atomic E-state index is -3.40. The number of amides is 1. The summed E-state index contributed by atoms with van der Waals surface area (Å²) in [4.78, 5) is 20.0. The Morgan fingerprint density at radius 2 is 2.17 bits per heavy atom. The van der Waals surface area contributed by atoms with Crippen LogP contribution in [0.25, 0.3) is 11.0 Å². The SMILES string of the molecule is CCCS(=O)(=O)N1CCCCC1C(=O)Nc1nc2ccccc2[nH]1. The highest BCUT2D eigenvalue weighted by atomic mass is 32.2. The van der Waals surface area contributed by atoms with Crippen molar-refractivity contribution >= 4 is 32.9 Å². The van der Waals surface area contributed by atoms with Gasteiger partial charge >= 0.3 is 0 Å². The fraction of sp³-hybridized carbons (Fsp3) is 0.500. The lowest BCUT2D eigenvalue weighted by Crippen LogP contribution is -2.50. The predicted molar refractivity (Wildman–Crippen MR) is 93.1 cm³/mol. The van der Waals surface area contributed by atoms with E-state index in [1.54, 1.807) is 0 Å². The zero-order valence-corrected chi connectivity index (χ0v) is 14.5. The molecule has 0 bridgehead atoms. The topological polar surface area (TPSA) is 95.2 Å². The van der Waals surface area contributed by atoms with E-state index in [1.165, 1.54) is 4.31 Å². The molecule has 1 atom stereocenters. The number of piperidine rings is 1. The number of para-hydroxylation sites is 2. The van der Waals surface area contributed by atoms with Crippen molar-refractivity contribution in [2.24, 2.45) is 0 Å². The van der Waals surface area contributed by atoms with Crippen LogP contribution < -0.4 is 5.32 Å². The summed E-state index contributed by atoms with van der Waals surface area (Å²) in [6.45, 7) is 2.23. The molecule has 2 N–H and O–H groups in total. The van der Waals surface area contributed by atoms with Crippen LogP contribution in [0.15, 0.2) is 24.3 Å². The molecule has 1 aromatic carbocycles. The van der Waals surface area contributed by atoms with Crippen molar-refractivity contribution in [2.45, 2.75) is 38.6 Å². The Hall–Kier alpha value is -1.93. The molecule has 1 aliphatic heterocycles. The van der Waals surface area contributed by atoms with Crippen molar-refractivity contribution in [3.05, 3.63) is 24.3 Å². The van der Waals surface area contributed by atoms with Crippen molar-refractivity contribution in [2.75, 3.05) is 17.6 Å². The number of aromatic amines is 1. The second kappa shape index (κ2) is 6.90. The largest absolute Gasteiger partial charge is 0.324 e. The number of H-pyrrole nitrogens is 1. The van der Waals surface area contributed by atoms with Crippen molar-refractivity contribution in [1.29, 1.82) is 0 Å². The zero-order valence-electron chi connectivity index (χ0n) is 13.7. The van der Waals surface area contributed by atoms with Crippen LogP contribution in [-0.4, -0.2) is 46.9 Å². The lowest BCUT2D eigenvalue weighted by atomic mass is 10.0. The van der Waals surface area contributed by atoms with E-state index in [0.29, 0.717) is 25.3 Å². The van der Waals surface area contributed by atoms with Gasteiger partial charge in [0.1, 0.15) is 6.04 Å². The van der Waals surface area contributed by atoms with Gasteiger partial charge in [-0.25, -0.2) is 13.4 Å². The molecule has 1 fully saturated rings. The second-order valence-corrected chi connectivity index (χ2v) is 8.07. The van der Waals surface area contributed by atoms with Crippen LogP contribution in [0.2, 0.25) is 0 Å². The van der Waals surface area contributed by atoms with Gasteiger partial charge in [-0.15, -0.1) is 0 Å². The Balaban J connectivity index is 1.79. The fourth-order valence-corrected chi connectivity index (χ4v) is 4.83. The third-order valence-corrected chi connectivity index (χ3v) is 6.28. The Bertz CT molecular complexity index is 798. The summed E-state index contributed by atoms with van der Waals surface area (Å²) in [6, 6.07) is 6.81. The maximum absolute atomic E-state index is 12.6. The van der Waals surface area contributed by atoms with Crippen LogP contribution in [0.4, 0.5) is 5.95 Å². The average molecular weight is 350 g/mol. The first kappa shape index (κ1) is 16.9. The van der Waals surface area contributed by atoms with Crippen molar-refractivity contribution in [3.63, 3.8) is 0 Å². The standard InChI is InChI=1S/C16H22N4O3S/c1-2-11-24(22,23)20-10-6-5-9-14(20)15(21)19-16-17-12-7-3-4-8-13(12)18-16/h3-4,7-8,14H,2,5-6,9-11H2,1H3,(H2,17,18,19,21). The van der Waals surface area contributed by atoms with Crippen LogP contribution >= 0.6 is 0 Å². The van der Waals surface area contributed by atoms with E-state index >= 15 is 0 Å². The van der Waals surface area contributed by atoms with Gasteiger partial charge in [0.15, 0.2) is 0 Å². The summed E-state index contributed by atoms with van der Waals surface area (Å²) < 4.78 is 26.2. The molecular formula is C16H22N4O3S. The highest BCUT2D eigenvalue weighted by Crippen LogP contribution is 2.23. The van der Waals surface area contributed by atoms with Crippen LogP contribution in [-0.2, 0) is 14.8 Å². The molecule has 7 nitrogen and oxygen atoms in total. The number of imidazole rings is 1. The predicted octanol–water partition coefficient (Wildman–Crippen LogP) is 2.10. The van der Waals surface area contributed by atoms with Gasteiger partial charge in [-0.2, -0.15) is 4.31 Å². The number of nitrogens with zero attached hydrogens (tertiary/aromatic N) is 2. The van der Waals surface area contributed by atoms with Gasteiger partial charge in [-0.3, -0.25) is 10.1 Å². The normalized spacial score (nSPS) is 19.5. The third kappa shape index (κ3) is 3.44. The van der Waals surface area contributed by atoms with E-state index in [1.807, 2.05) is 31.2 Å². The summed E-state index contributed by atoms with van der Waals surface area (Å²) in [7, 11) is -3.40. The van der Waals surface area contributed by atoms with Gasteiger partial charge in [0, 0.05) is 6.54 Å². The molecule has 0 spiro atoms. The monoisotopic (exact) mass is 350 g/mol. The van der Waals surface area contributed by atoms with Gasteiger partial charge in [-0.05, 0) is 31.4 Å². The summed E-state index contributed by atoms with van der Waals surface area (Å²) in [5.41, 5.74) is 1.58. The first-order valence-corrected chi connectivity index (χ1v) is 9.87. The molecule has 1 saturated heterocycles. The summed E-state index contributed by atoms with van der Waals surface area (Å²) in [5, 5.41) is 2.73. The van der Waals surface area contributed by atoms with Crippen molar-refractivity contribution < 1.29 is 13.2 Å². The van der Waals surface area contributed by atoms with Crippen LogP contribution in [0.3, 0.4) is 0 Å². The molecule has 8 heteroatoms. The Kier molecular flexibility index (Phi) is 4.86. The number of rotatable bonds is 5. The quantitative estimate of drug-likeness (QED) is 0.863. The highest BCUT2D eigenvalue weighted by molar-refractivity contribution is 7.89. The second-order valence-electron chi connectivity index (χ2n) is 6.03. The molecule has 2 aromatic rings. The van der Waals surface area contributed by atoms with E-state index in [4.69, 9.17) is 0 Å². The van der Waals surface area contributed by atoms with E-state index < -0.39 is 16.1 Å². The lowest BCUT2D eigenvalue weighted by Gasteiger charge is -2.33. The molecule has 1 unspecified atom stereocenters. The summed E-state index contributed by atoms with van der Waals surface area (Å²) >= 11 is 0. The summed E-state index contributed by atoms with van der Waals surface area (Å²) in [6.07, 6.45) is 2.71. The zero-order chi connectivity index (χ0) is 17.2.